The van der Waals surface area contributed by atoms with Gasteiger partial charge in [0.15, 0.2) is 0 Å². The summed E-state index contributed by atoms with van der Waals surface area (Å²) in [5, 5.41) is 5.92. The molecule has 0 aliphatic carbocycles. The number of aromatic nitrogens is 2. The van der Waals surface area contributed by atoms with Gasteiger partial charge < -0.3 is 0 Å². The molecule has 0 fully saturated rings. The van der Waals surface area contributed by atoms with E-state index in [1.807, 2.05) is 77.8 Å². The highest BCUT2D eigenvalue weighted by molar-refractivity contribution is 6.36. The molecule has 0 atom stereocenters. The molecule has 3 nitrogen and oxygen atoms in total. The third kappa shape index (κ3) is 4.16. The van der Waals surface area contributed by atoms with Crippen LogP contribution in [0.5, 0.6) is 0 Å². The molecule has 0 saturated carbocycles. The summed E-state index contributed by atoms with van der Waals surface area (Å²) < 4.78 is 1.84. The molecule has 0 radical (unpaired) electrons. The summed E-state index contributed by atoms with van der Waals surface area (Å²) in [7, 11) is 0. The smallest absolute Gasteiger partial charge is 0.103 e. The molecule has 0 spiro atoms. The SMILES string of the molecule is Clc1ccc(-c2nn(-c3ccccc3)cc2C=NCc2ccccc2)c(Cl)c1. The molecular formula is C23H17Cl2N3. The lowest BCUT2D eigenvalue weighted by molar-refractivity contribution is 0.884. The van der Waals surface area contributed by atoms with Crippen LogP contribution in [-0.4, -0.2) is 16.0 Å². The van der Waals surface area contributed by atoms with Crippen LogP contribution in [0.3, 0.4) is 0 Å². The lowest BCUT2D eigenvalue weighted by atomic mass is 10.1. The number of aliphatic imine (C=N–C) groups is 1. The Morgan fingerprint density at radius 2 is 1.61 bits per heavy atom. The van der Waals surface area contributed by atoms with Crippen molar-refractivity contribution >= 4 is 29.4 Å². The zero-order chi connectivity index (χ0) is 19.3. The number of nitrogens with zero attached hydrogens (tertiary/aromatic N) is 3. The highest BCUT2D eigenvalue weighted by Gasteiger charge is 2.14. The Hall–Kier alpha value is -2.88. The van der Waals surface area contributed by atoms with Gasteiger partial charge in [0.05, 0.1) is 17.3 Å². The number of halogens is 2. The van der Waals surface area contributed by atoms with Crippen molar-refractivity contribution in [2.24, 2.45) is 4.99 Å². The molecule has 0 unspecified atom stereocenters. The van der Waals surface area contributed by atoms with Crippen LogP contribution in [0.2, 0.25) is 10.0 Å². The first kappa shape index (κ1) is 18.5. The largest absolute Gasteiger partial charge is 0.288 e. The van der Waals surface area contributed by atoms with Gasteiger partial charge in [-0.05, 0) is 35.9 Å². The van der Waals surface area contributed by atoms with Gasteiger partial charge in [0, 0.05) is 28.6 Å². The van der Waals surface area contributed by atoms with Gasteiger partial charge >= 0.3 is 0 Å². The van der Waals surface area contributed by atoms with E-state index in [0.29, 0.717) is 16.6 Å². The van der Waals surface area contributed by atoms with Crippen LogP contribution in [0.4, 0.5) is 0 Å². The number of para-hydroxylation sites is 1. The van der Waals surface area contributed by atoms with E-state index in [2.05, 4.69) is 17.1 Å². The van der Waals surface area contributed by atoms with E-state index in [0.717, 1.165) is 28.1 Å². The zero-order valence-electron chi connectivity index (χ0n) is 15.0. The van der Waals surface area contributed by atoms with Gasteiger partial charge in [-0.15, -0.1) is 0 Å². The maximum atomic E-state index is 6.44. The van der Waals surface area contributed by atoms with Crippen molar-refractivity contribution in [1.82, 2.24) is 9.78 Å². The van der Waals surface area contributed by atoms with E-state index in [-0.39, 0.29) is 0 Å². The molecule has 4 rings (SSSR count). The molecule has 0 bridgehead atoms. The van der Waals surface area contributed by atoms with Crippen LogP contribution in [0.15, 0.2) is 90.1 Å². The van der Waals surface area contributed by atoms with E-state index in [1.165, 1.54) is 0 Å². The minimum Gasteiger partial charge on any atom is -0.288 e. The fourth-order valence-electron chi connectivity index (χ4n) is 2.92. The first-order chi connectivity index (χ1) is 13.7. The first-order valence-corrected chi connectivity index (χ1v) is 9.60. The lowest BCUT2D eigenvalue weighted by Crippen LogP contribution is -1.94. The fraction of sp³-hybridized carbons (Fsp3) is 0.0435. The van der Waals surface area contributed by atoms with Crippen LogP contribution in [0, 0.1) is 0 Å². The first-order valence-electron chi connectivity index (χ1n) is 8.85. The van der Waals surface area contributed by atoms with E-state index < -0.39 is 0 Å². The van der Waals surface area contributed by atoms with Crippen LogP contribution in [0.1, 0.15) is 11.1 Å². The van der Waals surface area contributed by atoms with Crippen molar-refractivity contribution in [2.45, 2.75) is 6.54 Å². The Morgan fingerprint density at radius 1 is 0.893 bits per heavy atom. The quantitative estimate of drug-likeness (QED) is 0.350. The van der Waals surface area contributed by atoms with Crippen molar-refractivity contribution in [1.29, 1.82) is 0 Å². The Balaban J connectivity index is 1.73. The van der Waals surface area contributed by atoms with Gasteiger partial charge in [-0.25, -0.2) is 4.68 Å². The van der Waals surface area contributed by atoms with Crippen LogP contribution < -0.4 is 0 Å². The molecule has 0 aliphatic heterocycles. The highest BCUT2D eigenvalue weighted by atomic mass is 35.5. The molecule has 0 N–H and O–H groups in total. The van der Waals surface area contributed by atoms with Gasteiger partial charge in [-0.3, -0.25) is 4.99 Å². The average Bonchev–Trinajstić information content (AvgIpc) is 3.13. The summed E-state index contributed by atoms with van der Waals surface area (Å²) >= 11 is 12.5. The predicted octanol–water partition coefficient (Wildman–Crippen LogP) is 6.47. The fourth-order valence-corrected chi connectivity index (χ4v) is 3.42. The van der Waals surface area contributed by atoms with Gasteiger partial charge in [-0.1, -0.05) is 71.7 Å². The minimum absolute atomic E-state index is 0.559. The summed E-state index contributed by atoms with van der Waals surface area (Å²) in [6.07, 6.45) is 3.81. The second-order valence-corrected chi connectivity index (χ2v) is 7.14. The molecule has 3 aromatic carbocycles. The average molecular weight is 406 g/mol. The summed E-state index contributed by atoms with van der Waals surface area (Å²) in [5.74, 6) is 0. The normalized spacial score (nSPS) is 11.2. The van der Waals surface area contributed by atoms with Crippen molar-refractivity contribution in [2.75, 3.05) is 0 Å². The molecule has 138 valence electrons. The lowest BCUT2D eigenvalue weighted by Gasteiger charge is -2.03. The summed E-state index contributed by atoms with van der Waals surface area (Å²) in [6.45, 7) is 0.602. The van der Waals surface area contributed by atoms with Crippen LogP contribution >= 0.6 is 23.2 Å². The Kier molecular flexibility index (Phi) is 5.56. The second-order valence-electron chi connectivity index (χ2n) is 6.29. The second kappa shape index (κ2) is 8.42. The third-order valence-corrected chi connectivity index (χ3v) is 4.84. The van der Waals surface area contributed by atoms with Gasteiger partial charge in [0.25, 0.3) is 0 Å². The molecule has 5 heteroatoms. The topological polar surface area (TPSA) is 30.2 Å². The summed E-state index contributed by atoms with van der Waals surface area (Å²) in [4.78, 5) is 4.60. The summed E-state index contributed by atoms with van der Waals surface area (Å²) in [5.41, 5.74) is 4.60. The monoisotopic (exact) mass is 405 g/mol. The predicted molar refractivity (Wildman–Crippen MR) is 117 cm³/mol. The number of benzene rings is 3. The molecule has 1 aromatic heterocycles. The van der Waals surface area contributed by atoms with Crippen LogP contribution in [-0.2, 0) is 6.54 Å². The van der Waals surface area contributed by atoms with E-state index in [9.17, 15) is 0 Å². The van der Waals surface area contributed by atoms with Crippen molar-refractivity contribution in [3.8, 4) is 16.9 Å². The minimum atomic E-state index is 0.559. The van der Waals surface area contributed by atoms with Gasteiger partial charge in [0.1, 0.15) is 5.69 Å². The molecular weight excluding hydrogens is 389 g/mol. The maximum Gasteiger partial charge on any atom is 0.103 e. The molecule has 0 amide bonds. The standard InChI is InChI=1S/C23H17Cl2N3/c24-19-11-12-21(22(25)13-19)23-18(15-26-14-17-7-3-1-4-8-17)16-28(27-23)20-9-5-2-6-10-20/h1-13,15-16H,14H2. The Bertz CT molecular complexity index is 1100. The van der Waals surface area contributed by atoms with Crippen molar-refractivity contribution in [3.05, 3.63) is 106 Å². The zero-order valence-corrected chi connectivity index (χ0v) is 16.5. The molecule has 28 heavy (non-hydrogen) atoms. The number of hydrogen-bond acceptors (Lipinski definition) is 2. The van der Waals surface area contributed by atoms with Crippen LogP contribution in [0.25, 0.3) is 16.9 Å². The molecule has 0 saturated heterocycles. The maximum absolute atomic E-state index is 6.44. The molecule has 0 aliphatic rings. The van der Waals surface area contributed by atoms with Gasteiger partial charge in [0.2, 0.25) is 0 Å². The Labute approximate surface area is 173 Å². The third-order valence-electron chi connectivity index (χ3n) is 4.30. The van der Waals surface area contributed by atoms with Crippen molar-refractivity contribution < 1.29 is 0 Å². The number of hydrogen-bond donors (Lipinski definition) is 0. The van der Waals surface area contributed by atoms with Crippen molar-refractivity contribution in [3.63, 3.8) is 0 Å². The van der Waals surface area contributed by atoms with E-state index >= 15 is 0 Å². The molecule has 1 heterocycles. The van der Waals surface area contributed by atoms with E-state index in [1.54, 1.807) is 6.07 Å². The van der Waals surface area contributed by atoms with E-state index in [4.69, 9.17) is 28.3 Å². The Morgan fingerprint density at radius 3 is 2.32 bits per heavy atom. The van der Waals surface area contributed by atoms with Gasteiger partial charge in [-0.2, -0.15) is 5.10 Å². The summed E-state index contributed by atoms with van der Waals surface area (Å²) in [6, 6.07) is 25.5. The highest BCUT2D eigenvalue weighted by Crippen LogP contribution is 2.31. The number of rotatable bonds is 5. The molecule has 4 aromatic rings.